The molecule has 0 radical (unpaired) electrons. The minimum Gasteiger partial charge on any atom is -0.462 e. The van der Waals surface area contributed by atoms with Gasteiger partial charge in [-0.25, -0.2) is 4.79 Å². The maximum Gasteiger partial charge on any atom is 0.340 e. The molecule has 2 saturated heterocycles. The van der Waals surface area contributed by atoms with Gasteiger partial charge in [0, 0.05) is 26.1 Å². The summed E-state index contributed by atoms with van der Waals surface area (Å²) in [5, 5.41) is 0. The number of nitrogens with zero attached hydrogens (tertiary/aromatic N) is 2. The van der Waals surface area contributed by atoms with Gasteiger partial charge in [0.05, 0.1) is 23.8 Å². The van der Waals surface area contributed by atoms with Gasteiger partial charge < -0.3 is 14.5 Å². The maximum absolute atomic E-state index is 12.8. The van der Waals surface area contributed by atoms with Crippen molar-refractivity contribution in [1.29, 1.82) is 0 Å². The molecule has 140 valence electrons. The third-order valence-electron chi connectivity index (χ3n) is 5.13. The summed E-state index contributed by atoms with van der Waals surface area (Å²) in [5.74, 6) is -0.352. The van der Waals surface area contributed by atoms with Crippen molar-refractivity contribution in [2.24, 2.45) is 11.8 Å². The molecule has 0 spiro atoms. The second kappa shape index (κ2) is 7.89. The Kier molecular flexibility index (Phi) is 5.59. The summed E-state index contributed by atoms with van der Waals surface area (Å²) in [7, 11) is 0. The Morgan fingerprint density at radius 1 is 1.23 bits per heavy atom. The molecule has 0 saturated carbocycles. The summed E-state index contributed by atoms with van der Waals surface area (Å²) in [6, 6.07) is 6.92. The molecule has 2 heterocycles. The van der Waals surface area contributed by atoms with E-state index in [1.54, 1.807) is 36.1 Å². The first kappa shape index (κ1) is 18.4. The van der Waals surface area contributed by atoms with Gasteiger partial charge in [-0.3, -0.25) is 9.59 Å². The first-order valence-corrected chi connectivity index (χ1v) is 9.36. The number of hydrogen-bond acceptors (Lipinski definition) is 4. The number of rotatable bonds is 4. The third-order valence-corrected chi connectivity index (χ3v) is 5.13. The van der Waals surface area contributed by atoms with Crippen molar-refractivity contribution >= 4 is 23.5 Å². The topological polar surface area (TPSA) is 66.9 Å². The van der Waals surface area contributed by atoms with Crippen LogP contribution >= 0.6 is 0 Å². The van der Waals surface area contributed by atoms with Crippen molar-refractivity contribution < 1.29 is 19.1 Å². The quantitative estimate of drug-likeness (QED) is 0.776. The van der Waals surface area contributed by atoms with Gasteiger partial charge in [-0.1, -0.05) is 19.1 Å². The van der Waals surface area contributed by atoms with Gasteiger partial charge in [0.15, 0.2) is 0 Å². The highest BCUT2D eigenvalue weighted by Crippen LogP contribution is 2.30. The Labute approximate surface area is 154 Å². The molecule has 2 amide bonds. The first-order valence-electron chi connectivity index (χ1n) is 9.36. The smallest absolute Gasteiger partial charge is 0.340 e. The molecule has 6 nitrogen and oxygen atoms in total. The van der Waals surface area contributed by atoms with Crippen LogP contribution in [0.1, 0.15) is 43.5 Å². The number of likely N-dealkylation sites (tertiary alicyclic amines) is 1. The molecule has 1 aromatic rings. The van der Waals surface area contributed by atoms with Crippen LogP contribution in [0.15, 0.2) is 24.3 Å². The van der Waals surface area contributed by atoms with Gasteiger partial charge in [0.1, 0.15) is 0 Å². The number of para-hydroxylation sites is 1. The van der Waals surface area contributed by atoms with Gasteiger partial charge in [-0.2, -0.15) is 0 Å². The van der Waals surface area contributed by atoms with E-state index in [1.165, 1.54) is 0 Å². The molecule has 2 aliphatic heterocycles. The lowest BCUT2D eigenvalue weighted by molar-refractivity contribution is -0.137. The van der Waals surface area contributed by atoms with E-state index in [0.29, 0.717) is 23.7 Å². The predicted octanol–water partition coefficient (Wildman–Crippen LogP) is 2.47. The van der Waals surface area contributed by atoms with Crippen LogP contribution in [0.25, 0.3) is 0 Å². The van der Waals surface area contributed by atoms with E-state index in [4.69, 9.17) is 4.74 Å². The van der Waals surface area contributed by atoms with Crippen molar-refractivity contribution in [2.75, 3.05) is 31.1 Å². The van der Waals surface area contributed by atoms with Crippen LogP contribution in [0.2, 0.25) is 0 Å². The number of esters is 1. The van der Waals surface area contributed by atoms with Crippen molar-refractivity contribution in [3.05, 3.63) is 29.8 Å². The summed E-state index contributed by atoms with van der Waals surface area (Å²) >= 11 is 0. The summed E-state index contributed by atoms with van der Waals surface area (Å²) < 4.78 is 5.09. The van der Waals surface area contributed by atoms with Crippen LogP contribution in [0.3, 0.4) is 0 Å². The van der Waals surface area contributed by atoms with Crippen LogP contribution in [0.4, 0.5) is 5.69 Å². The number of anilines is 1. The molecule has 2 atom stereocenters. The fraction of sp³-hybridized carbons (Fsp3) is 0.550. The average Bonchev–Trinajstić information content (AvgIpc) is 3.03. The lowest BCUT2D eigenvalue weighted by Gasteiger charge is -2.32. The van der Waals surface area contributed by atoms with E-state index in [1.807, 2.05) is 4.90 Å². The van der Waals surface area contributed by atoms with E-state index >= 15 is 0 Å². The summed E-state index contributed by atoms with van der Waals surface area (Å²) in [6.45, 7) is 6.03. The van der Waals surface area contributed by atoms with Crippen LogP contribution in [0, 0.1) is 11.8 Å². The van der Waals surface area contributed by atoms with Gasteiger partial charge in [-0.05, 0) is 37.8 Å². The molecule has 3 rings (SSSR count). The zero-order valence-corrected chi connectivity index (χ0v) is 15.4. The highest BCUT2D eigenvalue weighted by atomic mass is 16.5. The zero-order chi connectivity index (χ0) is 18.7. The highest BCUT2D eigenvalue weighted by Gasteiger charge is 2.39. The number of amides is 2. The van der Waals surface area contributed by atoms with Crippen molar-refractivity contribution in [1.82, 2.24) is 4.90 Å². The second-order valence-electron chi connectivity index (χ2n) is 7.17. The Hall–Kier alpha value is -2.37. The number of ether oxygens (including phenoxy) is 1. The van der Waals surface area contributed by atoms with Gasteiger partial charge >= 0.3 is 5.97 Å². The van der Waals surface area contributed by atoms with Crippen molar-refractivity contribution in [2.45, 2.75) is 33.1 Å². The van der Waals surface area contributed by atoms with E-state index in [2.05, 4.69) is 6.92 Å². The lowest BCUT2D eigenvalue weighted by Crippen LogP contribution is -2.43. The number of carbonyl (C=O) groups excluding carboxylic acids is 3. The summed E-state index contributed by atoms with van der Waals surface area (Å²) in [6.07, 6.45) is 2.36. The monoisotopic (exact) mass is 358 g/mol. The predicted molar refractivity (Wildman–Crippen MR) is 97.8 cm³/mol. The van der Waals surface area contributed by atoms with E-state index < -0.39 is 5.97 Å². The molecular formula is C20H26N2O4. The average molecular weight is 358 g/mol. The molecular weight excluding hydrogens is 332 g/mol. The molecule has 0 bridgehead atoms. The Balaban J connectivity index is 1.76. The molecule has 26 heavy (non-hydrogen) atoms. The van der Waals surface area contributed by atoms with Crippen LogP contribution in [0.5, 0.6) is 0 Å². The van der Waals surface area contributed by atoms with Gasteiger partial charge in [0.25, 0.3) is 0 Å². The number of piperidine rings is 1. The largest absolute Gasteiger partial charge is 0.462 e. The Bertz CT molecular complexity index is 703. The van der Waals surface area contributed by atoms with Crippen molar-refractivity contribution in [3.63, 3.8) is 0 Å². The second-order valence-corrected chi connectivity index (χ2v) is 7.17. The molecule has 2 aliphatic rings. The fourth-order valence-corrected chi connectivity index (χ4v) is 3.84. The van der Waals surface area contributed by atoms with Crippen molar-refractivity contribution in [3.8, 4) is 0 Å². The van der Waals surface area contributed by atoms with E-state index in [0.717, 1.165) is 25.9 Å². The third kappa shape index (κ3) is 3.74. The standard InChI is InChI=1S/C20H26N2O4/c1-3-26-20(25)16-8-4-5-9-17(16)22-13-15(11-18(22)23)19(24)21-10-6-7-14(2)12-21/h4-5,8-9,14-15H,3,6-7,10-13H2,1-2H3. The maximum atomic E-state index is 12.8. The minimum absolute atomic E-state index is 0.0565. The Morgan fingerprint density at radius 3 is 2.73 bits per heavy atom. The Morgan fingerprint density at radius 2 is 2.00 bits per heavy atom. The lowest BCUT2D eigenvalue weighted by atomic mass is 9.98. The molecule has 2 unspecified atom stereocenters. The number of hydrogen-bond donors (Lipinski definition) is 0. The van der Waals surface area contributed by atoms with Gasteiger partial charge in [0.2, 0.25) is 11.8 Å². The SMILES string of the molecule is CCOC(=O)c1ccccc1N1CC(C(=O)N2CCCC(C)C2)CC1=O. The zero-order valence-electron chi connectivity index (χ0n) is 15.4. The van der Waals surface area contributed by atoms with Crippen LogP contribution < -0.4 is 4.90 Å². The minimum atomic E-state index is -0.449. The fourth-order valence-electron chi connectivity index (χ4n) is 3.84. The summed E-state index contributed by atoms with van der Waals surface area (Å²) in [5.41, 5.74) is 0.889. The molecule has 2 fully saturated rings. The molecule has 1 aromatic carbocycles. The van der Waals surface area contributed by atoms with Crippen LogP contribution in [-0.4, -0.2) is 48.9 Å². The normalized spacial score (nSPS) is 23.2. The van der Waals surface area contributed by atoms with Crippen LogP contribution in [-0.2, 0) is 14.3 Å². The molecule has 0 aromatic heterocycles. The first-order chi connectivity index (χ1) is 12.5. The number of carbonyl (C=O) groups is 3. The highest BCUT2D eigenvalue weighted by molar-refractivity contribution is 6.05. The van der Waals surface area contributed by atoms with E-state index in [9.17, 15) is 14.4 Å². The van der Waals surface area contributed by atoms with E-state index in [-0.39, 0.29) is 30.8 Å². The molecule has 0 N–H and O–H groups in total. The number of benzene rings is 1. The molecule has 6 heteroatoms. The summed E-state index contributed by atoms with van der Waals surface area (Å²) in [4.78, 5) is 41.1. The van der Waals surface area contributed by atoms with Gasteiger partial charge in [-0.15, -0.1) is 0 Å². The molecule has 0 aliphatic carbocycles.